The van der Waals surface area contributed by atoms with Crippen LogP contribution < -0.4 is 5.73 Å². The predicted molar refractivity (Wildman–Crippen MR) is 65.2 cm³/mol. The molecule has 1 atom stereocenters. The van der Waals surface area contributed by atoms with Crippen LogP contribution in [-0.2, 0) is 0 Å². The fraction of sp³-hybridized carbons (Fsp3) is 0.417. The lowest BCUT2D eigenvalue weighted by Crippen LogP contribution is -2.28. The molecule has 3 nitrogen and oxygen atoms in total. The molecule has 0 bridgehead atoms. The van der Waals surface area contributed by atoms with Crippen molar-refractivity contribution in [1.82, 2.24) is 4.90 Å². The lowest BCUT2D eigenvalue weighted by molar-refractivity contribution is 0.321. The molecule has 0 aliphatic rings. The second-order valence-electron chi connectivity index (χ2n) is 3.90. The van der Waals surface area contributed by atoms with E-state index < -0.39 is 0 Å². The number of nitrogens with zero attached hydrogens (tertiary/aromatic N) is 2. The lowest BCUT2D eigenvalue weighted by Gasteiger charge is -2.17. The van der Waals surface area contributed by atoms with Crippen molar-refractivity contribution in [1.29, 1.82) is 0 Å². The minimum atomic E-state index is 0.410. The first-order valence-electron chi connectivity index (χ1n) is 5.13. The fourth-order valence-electron chi connectivity index (χ4n) is 1.09. The molecule has 0 aliphatic heterocycles. The molecule has 0 saturated carbocycles. The van der Waals surface area contributed by atoms with Gasteiger partial charge in [-0.3, -0.25) is 4.99 Å². The van der Waals surface area contributed by atoms with E-state index in [4.69, 9.17) is 5.73 Å². The van der Waals surface area contributed by atoms with Crippen LogP contribution in [0, 0.1) is 0 Å². The van der Waals surface area contributed by atoms with Gasteiger partial charge in [-0.15, -0.1) is 0 Å². The van der Waals surface area contributed by atoms with Gasteiger partial charge >= 0.3 is 0 Å². The van der Waals surface area contributed by atoms with Gasteiger partial charge in [0.2, 0.25) is 0 Å². The van der Waals surface area contributed by atoms with Crippen LogP contribution in [0.2, 0.25) is 0 Å². The van der Waals surface area contributed by atoms with Crippen LogP contribution in [0.15, 0.2) is 35.3 Å². The third-order valence-corrected chi connectivity index (χ3v) is 2.48. The summed E-state index contributed by atoms with van der Waals surface area (Å²) in [6.45, 7) is 2.86. The van der Waals surface area contributed by atoms with Crippen LogP contribution in [0.3, 0.4) is 0 Å². The summed E-state index contributed by atoms with van der Waals surface area (Å²) in [6.07, 6.45) is 0. The average Bonchev–Trinajstić information content (AvgIpc) is 2.26. The zero-order valence-corrected chi connectivity index (χ0v) is 9.64. The summed E-state index contributed by atoms with van der Waals surface area (Å²) >= 11 is 0. The van der Waals surface area contributed by atoms with Crippen molar-refractivity contribution in [3.63, 3.8) is 0 Å². The Morgan fingerprint density at radius 2 is 1.93 bits per heavy atom. The molecule has 0 aromatic heterocycles. The summed E-state index contributed by atoms with van der Waals surface area (Å²) in [5.74, 6) is 0.615. The number of rotatable bonds is 4. The molecule has 0 spiro atoms. The van der Waals surface area contributed by atoms with Gasteiger partial charge in [-0.05, 0) is 21.0 Å². The summed E-state index contributed by atoms with van der Waals surface area (Å²) in [5.41, 5.74) is 6.86. The van der Waals surface area contributed by atoms with Gasteiger partial charge in [0.05, 0.1) is 6.54 Å². The summed E-state index contributed by atoms with van der Waals surface area (Å²) in [7, 11) is 4.08. The van der Waals surface area contributed by atoms with E-state index in [0.29, 0.717) is 11.9 Å². The van der Waals surface area contributed by atoms with Crippen LogP contribution in [-0.4, -0.2) is 37.4 Å². The number of nitrogens with two attached hydrogens (primary N) is 1. The van der Waals surface area contributed by atoms with E-state index >= 15 is 0 Å². The number of amidine groups is 1. The standard InChI is InChI=1S/C12H19N3/c1-10(15(2)3)9-14-12(13)11-7-5-4-6-8-11/h4-8,10H,9H2,1-3H3,(H2,13,14). The topological polar surface area (TPSA) is 41.6 Å². The quantitative estimate of drug-likeness (QED) is 0.595. The Hall–Kier alpha value is -1.35. The maximum atomic E-state index is 5.87. The first-order valence-corrected chi connectivity index (χ1v) is 5.13. The smallest absolute Gasteiger partial charge is 0.125 e. The van der Waals surface area contributed by atoms with Crippen molar-refractivity contribution in [2.45, 2.75) is 13.0 Å². The maximum Gasteiger partial charge on any atom is 0.125 e. The Balaban J connectivity index is 2.61. The van der Waals surface area contributed by atoms with E-state index in [-0.39, 0.29) is 0 Å². The van der Waals surface area contributed by atoms with E-state index in [9.17, 15) is 0 Å². The van der Waals surface area contributed by atoms with Gasteiger partial charge in [0, 0.05) is 11.6 Å². The highest BCUT2D eigenvalue weighted by molar-refractivity contribution is 5.97. The highest BCUT2D eigenvalue weighted by Crippen LogP contribution is 1.99. The third-order valence-electron chi connectivity index (χ3n) is 2.48. The molecule has 1 aromatic rings. The van der Waals surface area contributed by atoms with Crippen molar-refractivity contribution < 1.29 is 0 Å². The highest BCUT2D eigenvalue weighted by atomic mass is 15.1. The Kier molecular flexibility index (Phi) is 4.31. The molecule has 0 amide bonds. The normalized spacial score (nSPS) is 14.3. The second-order valence-corrected chi connectivity index (χ2v) is 3.90. The molecule has 0 radical (unpaired) electrons. The van der Waals surface area contributed by atoms with Gasteiger partial charge in [-0.25, -0.2) is 0 Å². The van der Waals surface area contributed by atoms with Crippen molar-refractivity contribution in [3.8, 4) is 0 Å². The number of aliphatic imine (C=N–C) groups is 1. The van der Waals surface area contributed by atoms with Crippen LogP contribution in [0.5, 0.6) is 0 Å². The van der Waals surface area contributed by atoms with Crippen LogP contribution in [0.1, 0.15) is 12.5 Å². The molecule has 1 aromatic carbocycles. The first kappa shape index (κ1) is 11.7. The molecular weight excluding hydrogens is 186 g/mol. The predicted octanol–water partition coefficient (Wildman–Crippen LogP) is 1.34. The molecule has 0 fully saturated rings. The van der Waals surface area contributed by atoms with Gasteiger partial charge in [0.15, 0.2) is 0 Å². The molecule has 0 aliphatic carbocycles. The summed E-state index contributed by atoms with van der Waals surface area (Å²) in [4.78, 5) is 6.50. The van der Waals surface area contributed by atoms with Crippen LogP contribution >= 0.6 is 0 Å². The van der Waals surface area contributed by atoms with E-state index in [1.807, 2.05) is 44.4 Å². The van der Waals surface area contributed by atoms with Gasteiger partial charge in [0.1, 0.15) is 5.84 Å². The van der Waals surface area contributed by atoms with E-state index in [2.05, 4.69) is 16.8 Å². The average molecular weight is 205 g/mol. The van der Waals surface area contributed by atoms with E-state index in [1.165, 1.54) is 0 Å². The van der Waals surface area contributed by atoms with Crippen molar-refractivity contribution >= 4 is 5.84 Å². The second kappa shape index (κ2) is 5.51. The van der Waals surface area contributed by atoms with Gasteiger partial charge in [0.25, 0.3) is 0 Å². The van der Waals surface area contributed by atoms with Crippen LogP contribution in [0.25, 0.3) is 0 Å². The highest BCUT2D eigenvalue weighted by Gasteiger charge is 2.03. The number of benzene rings is 1. The molecular formula is C12H19N3. The Bertz CT molecular complexity index is 317. The number of hydrogen-bond donors (Lipinski definition) is 1. The minimum absolute atomic E-state index is 0.410. The molecule has 1 unspecified atom stereocenters. The third kappa shape index (κ3) is 3.72. The molecule has 0 saturated heterocycles. The monoisotopic (exact) mass is 205 g/mol. The van der Waals surface area contributed by atoms with Crippen molar-refractivity contribution in [2.75, 3.05) is 20.6 Å². The maximum absolute atomic E-state index is 5.87. The zero-order chi connectivity index (χ0) is 11.3. The minimum Gasteiger partial charge on any atom is -0.384 e. The number of hydrogen-bond acceptors (Lipinski definition) is 2. The number of likely N-dealkylation sites (N-methyl/N-ethyl adjacent to an activating group) is 1. The first-order chi connectivity index (χ1) is 7.11. The summed E-state index contributed by atoms with van der Waals surface area (Å²) in [6, 6.07) is 10.3. The van der Waals surface area contributed by atoms with E-state index in [0.717, 1.165) is 12.1 Å². The Morgan fingerprint density at radius 3 is 2.47 bits per heavy atom. The van der Waals surface area contributed by atoms with Gasteiger partial charge < -0.3 is 10.6 Å². The molecule has 1 rings (SSSR count). The Labute approximate surface area is 91.6 Å². The summed E-state index contributed by atoms with van der Waals surface area (Å²) in [5, 5.41) is 0. The van der Waals surface area contributed by atoms with Crippen molar-refractivity contribution in [2.24, 2.45) is 10.7 Å². The molecule has 0 heterocycles. The Morgan fingerprint density at radius 1 is 1.33 bits per heavy atom. The molecule has 3 heteroatoms. The largest absolute Gasteiger partial charge is 0.384 e. The zero-order valence-electron chi connectivity index (χ0n) is 9.64. The van der Waals surface area contributed by atoms with Gasteiger partial charge in [-0.2, -0.15) is 0 Å². The van der Waals surface area contributed by atoms with E-state index in [1.54, 1.807) is 0 Å². The summed E-state index contributed by atoms with van der Waals surface area (Å²) < 4.78 is 0. The molecule has 2 N–H and O–H groups in total. The van der Waals surface area contributed by atoms with Gasteiger partial charge in [-0.1, -0.05) is 30.3 Å². The fourth-order valence-corrected chi connectivity index (χ4v) is 1.09. The SMILES string of the molecule is CC(CN=C(N)c1ccccc1)N(C)C. The van der Waals surface area contributed by atoms with Crippen molar-refractivity contribution in [3.05, 3.63) is 35.9 Å². The molecule has 82 valence electrons. The molecule has 15 heavy (non-hydrogen) atoms. The van der Waals surface area contributed by atoms with Crippen LogP contribution in [0.4, 0.5) is 0 Å². The lowest BCUT2D eigenvalue weighted by atomic mass is 10.2.